The SMILES string of the molecule is CC1CCC(C(=O)O)(N2CCCNCC2)CC1C. The van der Waals surface area contributed by atoms with Crippen LogP contribution in [0.2, 0.25) is 0 Å². The number of nitrogens with one attached hydrogen (secondary N) is 1. The van der Waals surface area contributed by atoms with Crippen molar-refractivity contribution in [3.63, 3.8) is 0 Å². The van der Waals surface area contributed by atoms with Gasteiger partial charge in [0.1, 0.15) is 5.54 Å². The predicted octanol–water partition coefficient (Wildman–Crippen LogP) is 1.56. The first-order chi connectivity index (χ1) is 8.56. The fourth-order valence-electron chi connectivity index (χ4n) is 3.48. The summed E-state index contributed by atoms with van der Waals surface area (Å²) >= 11 is 0. The molecule has 1 saturated heterocycles. The number of hydrogen-bond donors (Lipinski definition) is 2. The third-order valence-corrected chi connectivity index (χ3v) is 4.99. The van der Waals surface area contributed by atoms with E-state index in [-0.39, 0.29) is 0 Å². The largest absolute Gasteiger partial charge is 0.480 e. The van der Waals surface area contributed by atoms with Crippen LogP contribution in [0.4, 0.5) is 0 Å². The van der Waals surface area contributed by atoms with Gasteiger partial charge in [-0.3, -0.25) is 9.69 Å². The normalized spacial score (nSPS) is 39.2. The highest BCUT2D eigenvalue weighted by atomic mass is 16.4. The van der Waals surface area contributed by atoms with Crippen molar-refractivity contribution in [3.8, 4) is 0 Å². The Bertz CT molecular complexity index is 300. The summed E-state index contributed by atoms with van der Waals surface area (Å²) < 4.78 is 0. The van der Waals surface area contributed by atoms with Crippen molar-refractivity contribution in [2.45, 2.75) is 45.1 Å². The lowest BCUT2D eigenvalue weighted by atomic mass is 9.70. The van der Waals surface area contributed by atoms with Crippen LogP contribution in [0, 0.1) is 11.8 Å². The lowest BCUT2D eigenvalue weighted by Crippen LogP contribution is -2.58. The molecule has 18 heavy (non-hydrogen) atoms. The Hall–Kier alpha value is -0.610. The van der Waals surface area contributed by atoms with E-state index in [1.807, 2.05) is 0 Å². The van der Waals surface area contributed by atoms with Gasteiger partial charge in [0.15, 0.2) is 0 Å². The van der Waals surface area contributed by atoms with Crippen LogP contribution in [0.25, 0.3) is 0 Å². The molecule has 0 radical (unpaired) electrons. The fraction of sp³-hybridized carbons (Fsp3) is 0.929. The van der Waals surface area contributed by atoms with Gasteiger partial charge in [-0.15, -0.1) is 0 Å². The van der Waals surface area contributed by atoms with Crippen LogP contribution in [0.3, 0.4) is 0 Å². The smallest absolute Gasteiger partial charge is 0.324 e. The van der Waals surface area contributed by atoms with Crippen LogP contribution in [0.5, 0.6) is 0 Å². The van der Waals surface area contributed by atoms with Gasteiger partial charge in [-0.25, -0.2) is 0 Å². The van der Waals surface area contributed by atoms with Crippen LogP contribution in [-0.2, 0) is 4.79 Å². The second-order valence-corrected chi connectivity index (χ2v) is 6.12. The minimum Gasteiger partial charge on any atom is -0.480 e. The van der Waals surface area contributed by atoms with Crippen LogP contribution in [0.1, 0.15) is 39.5 Å². The summed E-state index contributed by atoms with van der Waals surface area (Å²) in [6.45, 7) is 8.17. The Morgan fingerprint density at radius 1 is 1.28 bits per heavy atom. The molecule has 0 spiro atoms. The topological polar surface area (TPSA) is 52.6 Å². The molecule has 2 aliphatic rings. The van der Waals surface area contributed by atoms with E-state index in [2.05, 4.69) is 24.1 Å². The molecule has 1 aliphatic carbocycles. The van der Waals surface area contributed by atoms with Crippen LogP contribution < -0.4 is 5.32 Å². The van der Waals surface area contributed by atoms with E-state index >= 15 is 0 Å². The zero-order valence-corrected chi connectivity index (χ0v) is 11.6. The number of aliphatic carboxylic acids is 1. The zero-order chi connectivity index (χ0) is 13.2. The summed E-state index contributed by atoms with van der Waals surface area (Å²) in [5.74, 6) is 0.553. The number of hydrogen-bond acceptors (Lipinski definition) is 3. The van der Waals surface area contributed by atoms with Gasteiger partial charge < -0.3 is 10.4 Å². The minimum atomic E-state index is -0.608. The third kappa shape index (κ3) is 2.54. The summed E-state index contributed by atoms with van der Waals surface area (Å²) in [7, 11) is 0. The lowest BCUT2D eigenvalue weighted by molar-refractivity contribution is -0.156. The van der Waals surface area contributed by atoms with E-state index in [0.717, 1.165) is 51.9 Å². The highest BCUT2D eigenvalue weighted by Crippen LogP contribution is 2.40. The molecule has 104 valence electrons. The molecular weight excluding hydrogens is 228 g/mol. The molecule has 2 N–H and O–H groups in total. The van der Waals surface area contributed by atoms with Gasteiger partial charge in [0.25, 0.3) is 0 Å². The molecule has 3 atom stereocenters. The van der Waals surface area contributed by atoms with Gasteiger partial charge in [-0.1, -0.05) is 13.8 Å². The Morgan fingerprint density at radius 3 is 2.72 bits per heavy atom. The second-order valence-electron chi connectivity index (χ2n) is 6.12. The third-order valence-electron chi connectivity index (χ3n) is 4.99. The summed E-state index contributed by atoms with van der Waals surface area (Å²) in [6, 6.07) is 0. The average Bonchev–Trinajstić information content (AvgIpc) is 2.61. The van der Waals surface area contributed by atoms with Gasteiger partial charge in [0.05, 0.1) is 0 Å². The molecule has 0 aromatic rings. The van der Waals surface area contributed by atoms with Crippen molar-refractivity contribution in [1.82, 2.24) is 10.2 Å². The van der Waals surface area contributed by atoms with Gasteiger partial charge in [-0.2, -0.15) is 0 Å². The molecule has 0 bridgehead atoms. The van der Waals surface area contributed by atoms with Crippen molar-refractivity contribution in [2.24, 2.45) is 11.8 Å². The summed E-state index contributed by atoms with van der Waals surface area (Å²) in [4.78, 5) is 14.1. The van der Waals surface area contributed by atoms with Gasteiger partial charge >= 0.3 is 5.97 Å². The molecule has 0 aromatic heterocycles. The maximum absolute atomic E-state index is 11.9. The van der Waals surface area contributed by atoms with Gasteiger partial charge in [0.2, 0.25) is 0 Å². The highest BCUT2D eigenvalue weighted by Gasteiger charge is 2.48. The Morgan fingerprint density at radius 2 is 2.06 bits per heavy atom. The molecular formula is C14H26N2O2. The maximum atomic E-state index is 11.9. The van der Waals surface area contributed by atoms with E-state index in [4.69, 9.17) is 0 Å². The Balaban J connectivity index is 2.18. The second kappa shape index (κ2) is 5.57. The van der Waals surface area contributed by atoms with E-state index in [1.165, 1.54) is 0 Å². The molecule has 4 heteroatoms. The summed E-state index contributed by atoms with van der Waals surface area (Å²) in [5, 5.41) is 13.1. The van der Waals surface area contributed by atoms with Gasteiger partial charge in [-0.05, 0) is 44.1 Å². The molecule has 4 nitrogen and oxygen atoms in total. The first kappa shape index (κ1) is 13.8. The van der Waals surface area contributed by atoms with Crippen molar-refractivity contribution in [2.75, 3.05) is 26.2 Å². The number of rotatable bonds is 2. The molecule has 1 heterocycles. The van der Waals surface area contributed by atoms with Crippen LogP contribution >= 0.6 is 0 Å². The number of carboxylic acid groups (broad SMARTS) is 1. The molecule has 2 fully saturated rings. The molecule has 0 aromatic carbocycles. The van der Waals surface area contributed by atoms with Crippen LogP contribution in [0.15, 0.2) is 0 Å². The number of nitrogens with zero attached hydrogens (tertiary/aromatic N) is 1. The van der Waals surface area contributed by atoms with Crippen LogP contribution in [-0.4, -0.2) is 47.7 Å². The van der Waals surface area contributed by atoms with Crippen molar-refractivity contribution < 1.29 is 9.90 Å². The van der Waals surface area contributed by atoms with E-state index < -0.39 is 11.5 Å². The van der Waals surface area contributed by atoms with E-state index in [1.54, 1.807) is 0 Å². The van der Waals surface area contributed by atoms with E-state index in [0.29, 0.717) is 11.8 Å². The highest BCUT2D eigenvalue weighted by molar-refractivity contribution is 5.79. The average molecular weight is 254 g/mol. The lowest BCUT2D eigenvalue weighted by Gasteiger charge is -2.46. The molecule has 0 amide bonds. The van der Waals surface area contributed by atoms with Crippen molar-refractivity contribution in [3.05, 3.63) is 0 Å². The standard InChI is InChI=1S/C14H26N2O2/c1-11-4-5-14(13(17)18,10-12(11)2)16-8-3-6-15-7-9-16/h11-12,15H,3-10H2,1-2H3,(H,17,18). The number of carboxylic acids is 1. The Labute approximate surface area is 110 Å². The van der Waals surface area contributed by atoms with Crippen molar-refractivity contribution in [1.29, 1.82) is 0 Å². The monoisotopic (exact) mass is 254 g/mol. The molecule has 3 unspecified atom stereocenters. The molecule has 1 saturated carbocycles. The minimum absolute atomic E-state index is 0.506. The van der Waals surface area contributed by atoms with Gasteiger partial charge in [0, 0.05) is 19.6 Å². The summed E-state index contributed by atoms with van der Waals surface area (Å²) in [5.41, 5.74) is -0.599. The first-order valence-corrected chi connectivity index (χ1v) is 7.25. The molecule has 1 aliphatic heterocycles. The quantitative estimate of drug-likeness (QED) is 0.785. The molecule has 2 rings (SSSR count). The number of carbonyl (C=O) groups is 1. The Kier molecular flexibility index (Phi) is 4.28. The fourth-order valence-corrected chi connectivity index (χ4v) is 3.48. The van der Waals surface area contributed by atoms with E-state index in [9.17, 15) is 9.90 Å². The summed E-state index contributed by atoms with van der Waals surface area (Å²) in [6.07, 6.45) is 3.72. The zero-order valence-electron chi connectivity index (χ0n) is 11.6. The predicted molar refractivity (Wildman–Crippen MR) is 71.6 cm³/mol. The first-order valence-electron chi connectivity index (χ1n) is 7.25. The maximum Gasteiger partial charge on any atom is 0.324 e. The van der Waals surface area contributed by atoms with Crippen molar-refractivity contribution >= 4 is 5.97 Å².